The standard InChI is InChI=1S/C15H22ClN5O2S2.HI/c1-17-15(21(3)11-13-9-12(16)10-20(13)2)18-6-7-19-25(22,23)14-5-4-8-24-14;/h4-5,8-10,19H,6-7,11H2,1-3H3,(H,17,18);1H. The van der Waals surface area contributed by atoms with E-state index in [0.717, 1.165) is 5.69 Å². The molecular weight excluding hydrogens is 509 g/mol. The quantitative estimate of drug-likeness (QED) is 0.249. The highest BCUT2D eigenvalue weighted by molar-refractivity contribution is 14.0. The predicted molar refractivity (Wildman–Crippen MR) is 118 cm³/mol. The highest BCUT2D eigenvalue weighted by Gasteiger charge is 2.14. The van der Waals surface area contributed by atoms with E-state index in [1.807, 2.05) is 35.8 Å². The molecule has 0 radical (unpaired) electrons. The average molecular weight is 532 g/mol. The zero-order valence-corrected chi connectivity index (χ0v) is 19.5. The van der Waals surface area contributed by atoms with Gasteiger partial charge in [-0.25, -0.2) is 13.1 Å². The third-order valence-electron chi connectivity index (χ3n) is 3.51. The number of sulfonamides is 1. The Bertz CT molecular complexity index is 821. The molecule has 0 fully saturated rings. The van der Waals surface area contributed by atoms with Crippen LogP contribution in [0.1, 0.15) is 5.69 Å². The van der Waals surface area contributed by atoms with E-state index in [9.17, 15) is 8.42 Å². The van der Waals surface area contributed by atoms with Crippen molar-refractivity contribution in [3.63, 3.8) is 0 Å². The first-order valence-electron chi connectivity index (χ1n) is 7.59. The summed E-state index contributed by atoms with van der Waals surface area (Å²) in [5, 5.41) is 5.57. The van der Waals surface area contributed by atoms with E-state index in [1.54, 1.807) is 24.6 Å². The molecule has 146 valence electrons. The molecule has 0 aromatic carbocycles. The van der Waals surface area contributed by atoms with Crippen LogP contribution < -0.4 is 10.0 Å². The molecule has 0 spiro atoms. The van der Waals surface area contributed by atoms with E-state index < -0.39 is 10.0 Å². The predicted octanol–water partition coefficient (Wildman–Crippen LogP) is 2.34. The number of rotatable bonds is 7. The van der Waals surface area contributed by atoms with Crippen LogP contribution in [0.3, 0.4) is 0 Å². The molecule has 2 N–H and O–H groups in total. The minimum absolute atomic E-state index is 0. The van der Waals surface area contributed by atoms with Crippen LogP contribution in [-0.2, 0) is 23.6 Å². The lowest BCUT2D eigenvalue weighted by atomic mass is 10.4. The van der Waals surface area contributed by atoms with Crippen molar-refractivity contribution >= 4 is 62.9 Å². The van der Waals surface area contributed by atoms with Gasteiger partial charge in [-0.2, -0.15) is 0 Å². The van der Waals surface area contributed by atoms with E-state index in [0.29, 0.717) is 28.3 Å². The zero-order chi connectivity index (χ0) is 18.4. The Morgan fingerprint density at radius 2 is 2.15 bits per heavy atom. The highest BCUT2D eigenvalue weighted by atomic mass is 127. The van der Waals surface area contributed by atoms with Crippen molar-refractivity contribution in [2.45, 2.75) is 10.8 Å². The van der Waals surface area contributed by atoms with E-state index >= 15 is 0 Å². The number of nitrogens with zero attached hydrogens (tertiary/aromatic N) is 3. The first-order chi connectivity index (χ1) is 11.8. The summed E-state index contributed by atoms with van der Waals surface area (Å²) in [6, 6.07) is 5.20. The molecule has 0 aliphatic carbocycles. The fraction of sp³-hybridized carbons (Fsp3) is 0.400. The number of hydrogen-bond acceptors (Lipinski definition) is 4. The number of nitrogens with one attached hydrogen (secondary N) is 2. The number of thiophene rings is 1. The number of guanidine groups is 1. The van der Waals surface area contributed by atoms with E-state index in [-0.39, 0.29) is 30.5 Å². The maximum atomic E-state index is 12.0. The topological polar surface area (TPSA) is 78.7 Å². The van der Waals surface area contributed by atoms with Crippen LogP contribution in [-0.4, -0.2) is 51.0 Å². The molecule has 0 aliphatic heterocycles. The minimum atomic E-state index is -3.44. The van der Waals surface area contributed by atoms with E-state index in [4.69, 9.17) is 11.6 Å². The van der Waals surface area contributed by atoms with Gasteiger partial charge < -0.3 is 14.8 Å². The van der Waals surface area contributed by atoms with Crippen LogP contribution in [0.25, 0.3) is 0 Å². The number of aliphatic imine (C=N–C) groups is 1. The molecular formula is C15H23ClIN5O2S2. The number of aryl methyl sites for hydroxylation is 1. The normalized spacial score (nSPS) is 11.9. The van der Waals surface area contributed by atoms with Gasteiger partial charge in [0.15, 0.2) is 5.96 Å². The zero-order valence-electron chi connectivity index (χ0n) is 14.8. The van der Waals surface area contributed by atoms with E-state index in [2.05, 4.69) is 15.0 Å². The van der Waals surface area contributed by atoms with Crippen molar-refractivity contribution in [1.82, 2.24) is 19.5 Å². The molecule has 7 nitrogen and oxygen atoms in total. The Morgan fingerprint density at radius 3 is 2.69 bits per heavy atom. The Kier molecular flexibility index (Phi) is 9.38. The van der Waals surface area contributed by atoms with Gasteiger partial charge in [-0.05, 0) is 17.5 Å². The Morgan fingerprint density at radius 1 is 1.42 bits per heavy atom. The van der Waals surface area contributed by atoms with Crippen molar-refractivity contribution in [1.29, 1.82) is 0 Å². The van der Waals surface area contributed by atoms with Gasteiger partial charge >= 0.3 is 0 Å². The van der Waals surface area contributed by atoms with Gasteiger partial charge in [-0.3, -0.25) is 4.99 Å². The highest BCUT2D eigenvalue weighted by Crippen LogP contribution is 2.15. The fourth-order valence-corrected chi connectivity index (χ4v) is 4.61. The second-order valence-corrected chi connectivity index (χ2v) is 8.80. The monoisotopic (exact) mass is 531 g/mol. The maximum Gasteiger partial charge on any atom is 0.250 e. The van der Waals surface area contributed by atoms with Crippen molar-refractivity contribution in [2.75, 3.05) is 27.2 Å². The van der Waals surface area contributed by atoms with E-state index in [1.165, 1.54) is 11.3 Å². The molecule has 0 unspecified atom stereocenters. The van der Waals surface area contributed by atoms with Crippen LogP contribution in [0.15, 0.2) is 39.0 Å². The SMILES string of the molecule is CN=C(NCCNS(=O)(=O)c1cccs1)N(C)Cc1cc(Cl)cn1C.I. The lowest BCUT2D eigenvalue weighted by molar-refractivity contribution is 0.462. The summed E-state index contributed by atoms with van der Waals surface area (Å²) in [5.74, 6) is 0.674. The number of aromatic nitrogens is 1. The molecule has 0 bridgehead atoms. The fourth-order valence-electron chi connectivity index (χ4n) is 2.27. The summed E-state index contributed by atoms with van der Waals surface area (Å²) in [5.41, 5.74) is 1.05. The maximum absolute atomic E-state index is 12.0. The van der Waals surface area contributed by atoms with Gasteiger partial charge in [0.25, 0.3) is 0 Å². The molecule has 0 saturated carbocycles. The third kappa shape index (κ3) is 6.41. The molecule has 0 amide bonds. The molecule has 11 heteroatoms. The van der Waals surface area contributed by atoms with Crippen LogP contribution in [0, 0.1) is 0 Å². The summed E-state index contributed by atoms with van der Waals surface area (Å²) in [6.07, 6.45) is 1.85. The molecule has 2 heterocycles. The van der Waals surface area contributed by atoms with Crippen molar-refractivity contribution in [2.24, 2.45) is 12.0 Å². The Hall–Kier alpha value is -0.820. The molecule has 26 heavy (non-hydrogen) atoms. The first kappa shape index (κ1) is 23.2. The molecule has 2 aromatic rings. The van der Waals surface area contributed by atoms with Gasteiger partial charge in [0.05, 0.1) is 11.6 Å². The summed E-state index contributed by atoms with van der Waals surface area (Å²) >= 11 is 7.19. The van der Waals surface area contributed by atoms with Gasteiger partial charge in [-0.1, -0.05) is 17.7 Å². The van der Waals surface area contributed by atoms with Crippen LogP contribution in [0.4, 0.5) is 0 Å². The molecule has 0 saturated heterocycles. The van der Waals surface area contributed by atoms with Gasteiger partial charge in [0.2, 0.25) is 10.0 Å². The largest absolute Gasteiger partial charge is 0.355 e. The second kappa shape index (κ2) is 10.5. The smallest absolute Gasteiger partial charge is 0.250 e. The van der Waals surface area contributed by atoms with Crippen molar-refractivity contribution < 1.29 is 8.42 Å². The van der Waals surface area contributed by atoms with Crippen LogP contribution in [0.2, 0.25) is 5.02 Å². The third-order valence-corrected chi connectivity index (χ3v) is 6.57. The number of halogens is 2. The number of hydrogen-bond donors (Lipinski definition) is 2. The van der Waals surface area contributed by atoms with Gasteiger partial charge in [0, 0.05) is 46.1 Å². The lowest BCUT2D eigenvalue weighted by Crippen LogP contribution is -2.42. The summed E-state index contributed by atoms with van der Waals surface area (Å²) in [7, 11) is 2.09. The van der Waals surface area contributed by atoms with Crippen molar-refractivity contribution in [3.8, 4) is 0 Å². The lowest BCUT2D eigenvalue weighted by Gasteiger charge is -2.22. The molecule has 0 atom stereocenters. The minimum Gasteiger partial charge on any atom is -0.355 e. The van der Waals surface area contributed by atoms with Gasteiger partial charge in [-0.15, -0.1) is 35.3 Å². The molecule has 2 aromatic heterocycles. The Labute approximate surface area is 180 Å². The molecule has 2 rings (SSSR count). The van der Waals surface area contributed by atoms with Gasteiger partial charge in [0.1, 0.15) is 4.21 Å². The second-order valence-electron chi connectivity index (χ2n) is 5.42. The Balaban J connectivity index is 0.00000338. The van der Waals surface area contributed by atoms with Crippen LogP contribution in [0.5, 0.6) is 0 Å². The first-order valence-corrected chi connectivity index (χ1v) is 10.3. The summed E-state index contributed by atoms with van der Waals surface area (Å²) < 4.78 is 28.9. The van der Waals surface area contributed by atoms with Crippen molar-refractivity contribution in [3.05, 3.63) is 40.5 Å². The summed E-state index contributed by atoms with van der Waals surface area (Å²) in [6.45, 7) is 1.32. The average Bonchev–Trinajstić information content (AvgIpc) is 3.18. The molecule has 0 aliphatic rings. The summed E-state index contributed by atoms with van der Waals surface area (Å²) in [4.78, 5) is 6.16. The van der Waals surface area contributed by atoms with Crippen LogP contribution >= 0.6 is 46.9 Å².